The molecule has 0 radical (unpaired) electrons. The summed E-state index contributed by atoms with van der Waals surface area (Å²) >= 11 is 7.94. The highest BCUT2D eigenvalue weighted by atomic mass is 35.5. The normalized spacial score (nSPS) is 22.4. The third-order valence-corrected chi connectivity index (χ3v) is 18.1. The number of fused-ring (bicyclic) bond motifs is 9. The van der Waals surface area contributed by atoms with Crippen molar-refractivity contribution in [3.63, 3.8) is 0 Å². The molecule has 5 aliphatic heterocycles. The van der Waals surface area contributed by atoms with Crippen LogP contribution >= 0.6 is 22.9 Å². The van der Waals surface area contributed by atoms with Crippen LogP contribution in [0.15, 0.2) is 58.9 Å². The van der Waals surface area contributed by atoms with Gasteiger partial charge in [-0.25, -0.2) is 22.9 Å². The molecular weight excluding hydrogens is 1090 g/mol. The van der Waals surface area contributed by atoms with Gasteiger partial charge in [0.05, 0.1) is 49.9 Å². The number of aryl methyl sites for hydroxylation is 1. The van der Waals surface area contributed by atoms with E-state index >= 15 is 8.78 Å². The summed E-state index contributed by atoms with van der Waals surface area (Å²) in [7, 11) is 1.83. The Morgan fingerprint density at radius 3 is 2.67 bits per heavy atom. The number of nitrogens with zero attached hydrogens (tertiary/aromatic N) is 8. The minimum absolute atomic E-state index is 0.00167. The molecule has 12 rings (SSSR count). The summed E-state index contributed by atoms with van der Waals surface area (Å²) in [6.07, 6.45) is 3.41. The molecule has 420 valence electrons. The van der Waals surface area contributed by atoms with E-state index in [1.165, 1.54) is 12.1 Å². The zero-order valence-corrected chi connectivity index (χ0v) is 46.6. The van der Waals surface area contributed by atoms with Crippen LogP contribution in [0.1, 0.15) is 80.7 Å². The van der Waals surface area contributed by atoms with Crippen LogP contribution in [0.25, 0.3) is 54.4 Å². The molecule has 81 heavy (non-hydrogen) atoms. The van der Waals surface area contributed by atoms with Crippen molar-refractivity contribution in [3.8, 4) is 40.3 Å². The molecule has 3 fully saturated rings. The van der Waals surface area contributed by atoms with Crippen LogP contribution in [0.5, 0.6) is 11.8 Å². The summed E-state index contributed by atoms with van der Waals surface area (Å²) in [5.74, 6) is -1.81. The maximum atomic E-state index is 17.7. The maximum absolute atomic E-state index is 17.7. The molecule has 2 bridgehead atoms. The van der Waals surface area contributed by atoms with Gasteiger partial charge in [-0.2, -0.15) is 15.2 Å². The number of hydrogen-bond acceptors (Lipinski definition) is 16. The molecule has 0 aliphatic carbocycles. The van der Waals surface area contributed by atoms with Crippen molar-refractivity contribution in [2.45, 2.75) is 96.5 Å². The predicted molar refractivity (Wildman–Crippen MR) is 302 cm³/mol. The molecule has 4 N–H and O–H groups in total. The molecule has 3 saturated heterocycles. The number of rotatable bonds is 13. The second-order valence-corrected chi connectivity index (χ2v) is 23.0. The quantitative estimate of drug-likeness (QED) is 0.0560. The van der Waals surface area contributed by atoms with Crippen LogP contribution < -0.4 is 31.0 Å². The highest BCUT2D eigenvalue weighted by Gasteiger charge is 2.46. The lowest BCUT2D eigenvalue weighted by atomic mass is 9.86. The standard InChI is InChI=1S/C59H58ClF3N10O7S/c1-5-34-36-20-33(11-14-44(36)67-49-39(34)26-73-45(49)22-41-40(55(73)75)28-79-57(76)59(41,77)6-2)78-27-31(9-7-15-66-4)54(74)70-17-18-72(29(3)24-70)53-37-21-42(60)47(35-12-13-43(62)51-46(35)38(23-64)52(65)81-51)48(63)50(37)68-58(69-53)80-56-30-10-8-16-71(56)25-32(61)19-30/h9,11-14,20-22,29-30,32,56,66,77H,5-8,10,15-19,24-28,65H2,1-4H3/b31-9+/t29-,30?,32+,56+,59-/m0/s1. The Morgan fingerprint density at radius 2 is 1.91 bits per heavy atom. The van der Waals surface area contributed by atoms with E-state index in [1.54, 1.807) is 34.6 Å². The number of nitrogen functional groups attached to an aromatic ring is 1. The number of halogens is 4. The molecule has 3 aromatic carbocycles. The Kier molecular flexibility index (Phi) is 14.2. The Hall–Kier alpha value is -7.35. The number of aliphatic hydroxyl groups is 1. The van der Waals surface area contributed by atoms with E-state index < -0.39 is 41.6 Å². The zero-order valence-electron chi connectivity index (χ0n) is 45.0. The molecule has 0 spiro atoms. The molecule has 2 unspecified atom stereocenters. The number of pyridine rings is 2. The molecular formula is C59H58ClF3N10O7S. The van der Waals surface area contributed by atoms with Gasteiger partial charge in [-0.3, -0.25) is 14.5 Å². The lowest BCUT2D eigenvalue weighted by molar-refractivity contribution is -0.172. The number of anilines is 2. The number of nitriles is 1. The molecule has 1 amide bonds. The van der Waals surface area contributed by atoms with E-state index in [9.17, 15) is 29.1 Å². The Labute approximate surface area is 472 Å². The summed E-state index contributed by atoms with van der Waals surface area (Å²) < 4.78 is 67.8. The summed E-state index contributed by atoms with van der Waals surface area (Å²) in [4.78, 5) is 61.8. The van der Waals surface area contributed by atoms with Crippen LogP contribution in [-0.2, 0) is 39.5 Å². The lowest BCUT2D eigenvalue weighted by Crippen LogP contribution is -2.56. The second kappa shape index (κ2) is 21.2. The summed E-state index contributed by atoms with van der Waals surface area (Å²) in [5, 5.41) is 25.9. The molecule has 22 heteroatoms. The summed E-state index contributed by atoms with van der Waals surface area (Å²) in [6, 6.07) is 12.9. The minimum Gasteiger partial charge on any atom is -0.489 e. The average Bonchev–Trinajstić information content (AvgIpc) is 3.92. The van der Waals surface area contributed by atoms with Crippen molar-refractivity contribution < 1.29 is 42.1 Å². The number of cyclic esters (lactones) is 1. The smallest absolute Gasteiger partial charge is 0.343 e. The molecule has 6 atom stereocenters. The Balaban J connectivity index is 0.834. The SMILES string of the molecule is CCc1c2c(nc3ccc(OC/C(=C\CCNC)C(=O)N4CCN(c5nc(O[C@@H]6C7CCCN6C[C@H](F)C7)nc6c(F)c(-c7ccc(F)c8sc(N)c(C#N)c78)c(Cl)cc56)[C@@H](C)C4)cc13)-c1cc3c(c(=O)n1C2)COC(=O)[C@]3(O)CC. The van der Waals surface area contributed by atoms with Crippen molar-refractivity contribution >= 4 is 77.5 Å². The monoisotopic (exact) mass is 1140 g/mol. The number of piperazine rings is 1. The van der Waals surface area contributed by atoms with E-state index in [0.717, 1.165) is 40.7 Å². The fourth-order valence-electron chi connectivity index (χ4n) is 12.7. The first-order valence-corrected chi connectivity index (χ1v) is 28.5. The topological polar surface area (TPSA) is 214 Å². The lowest BCUT2D eigenvalue weighted by Gasteiger charge is -2.45. The number of benzene rings is 3. The molecule has 4 aromatic heterocycles. The van der Waals surface area contributed by atoms with E-state index in [-0.39, 0.29) is 135 Å². The van der Waals surface area contributed by atoms with Crippen LogP contribution in [-0.4, -0.2) is 118 Å². The summed E-state index contributed by atoms with van der Waals surface area (Å²) in [5.41, 5.74) is 8.35. The van der Waals surface area contributed by atoms with E-state index in [4.69, 9.17) is 41.5 Å². The van der Waals surface area contributed by atoms with Crippen molar-refractivity contribution in [2.24, 2.45) is 5.92 Å². The first-order valence-electron chi connectivity index (χ1n) is 27.4. The maximum Gasteiger partial charge on any atom is 0.343 e. The molecule has 5 aliphatic rings. The molecule has 7 aromatic rings. The van der Waals surface area contributed by atoms with Crippen molar-refractivity contribution in [1.29, 1.82) is 5.26 Å². The predicted octanol–water partition coefficient (Wildman–Crippen LogP) is 8.66. The van der Waals surface area contributed by atoms with Gasteiger partial charge < -0.3 is 44.7 Å². The van der Waals surface area contributed by atoms with Gasteiger partial charge in [-0.15, -0.1) is 11.3 Å². The molecule has 9 heterocycles. The van der Waals surface area contributed by atoms with Gasteiger partial charge >= 0.3 is 12.0 Å². The largest absolute Gasteiger partial charge is 0.489 e. The summed E-state index contributed by atoms with van der Waals surface area (Å²) in [6.45, 7) is 7.75. The number of nitrogens with two attached hydrogens (primary N) is 1. The van der Waals surface area contributed by atoms with E-state index in [1.807, 2.05) is 55.0 Å². The number of ether oxygens (including phenoxy) is 3. The van der Waals surface area contributed by atoms with Gasteiger partial charge in [0.2, 0.25) is 0 Å². The number of carbonyl (C=O) groups excluding carboxylic acids is 2. The number of piperidine rings is 2. The number of aromatic nitrogens is 4. The minimum atomic E-state index is -1.95. The first-order chi connectivity index (χ1) is 39.0. The second-order valence-electron chi connectivity index (χ2n) is 21.5. The van der Waals surface area contributed by atoms with Gasteiger partial charge in [-0.1, -0.05) is 37.6 Å². The fraction of sp³-hybridized carbons (Fsp3) is 0.407. The van der Waals surface area contributed by atoms with E-state index in [2.05, 4.69) is 10.3 Å². The fourth-order valence-corrected chi connectivity index (χ4v) is 14.0. The van der Waals surface area contributed by atoms with E-state index in [0.29, 0.717) is 66.4 Å². The Bertz CT molecular complexity index is 3910. The van der Waals surface area contributed by atoms with Crippen molar-refractivity contribution in [2.75, 3.05) is 63.6 Å². The number of carbonyl (C=O) groups is 2. The van der Waals surface area contributed by atoms with Gasteiger partial charge in [0, 0.05) is 77.5 Å². The first kappa shape index (κ1) is 54.2. The van der Waals surface area contributed by atoms with Crippen LogP contribution in [0.2, 0.25) is 5.02 Å². The molecule has 17 nitrogen and oxygen atoms in total. The number of esters is 1. The van der Waals surface area contributed by atoms with Crippen molar-refractivity contribution in [3.05, 3.63) is 109 Å². The highest BCUT2D eigenvalue weighted by Crippen LogP contribution is 2.47. The highest BCUT2D eigenvalue weighted by molar-refractivity contribution is 7.23. The van der Waals surface area contributed by atoms with Crippen LogP contribution in [0.4, 0.5) is 24.0 Å². The average molecular weight is 1140 g/mol. The number of hydrogen-bond donors (Lipinski definition) is 3. The third kappa shape index (κ3) is 9.10. The number of alkyl halides is 1. The van der Waals surface area contributed by atoms with Crippen LogP contribution in [0, 0.1) is 28.9 Å². The van der Waals surface area contributed by atoms with Crippen LogP contribution in [0.3, 0.4) is 0 Å². The number of thiophene rings is 1. The number of amides is 1. The van der Waals surface area contributed by atoms with Gasteiger partial charge in [-0.05, 0) is 107 Å². The number of nitrogens with one attached hydrogen (secondary N) is 1. The van der Waals surface area contributed by atoms with Gasteiger partial charge in [0.25, 0.3) is 11.5 Å². The zero-order chi connectivity index (χ0) is 56.8. The van der Waals surface area contributed by atoms with Crippen molar-refractivity contribution in [1.82, 2.24) is 34.6 Å². The Morgan fingerprint density at radius 1 is 1.09 bits per heavy atom. The third-order valence-electron chi connectivity index (χ3n) is 16.8. The molecule has 0 saturated carbocycles. The van der Waals surface area contributed by atoms with Gasteiger partial charge in [0.15, 0.2) is 17.6 Å². The van der Waals surface area contributed by atoms with Gasteiger partial charge in [0.1, 0.15) is 53.4 Å².